The zero-order chi connectivity index (χ0) is 18.6. The van der Waals surface area contributed by atoms with Crippen LogP contribution in [0.4, 0.5) is 0 Å². The fourth-order valence-corrected chi connectivity index (χ4v) is 3.76. The molecule has 0 fully saturated rings. The molecule has 0 N–H and O–H groups in total. The van der Waals surface area contributed by atoms with Crippen molar-refractivity contribution < 1.29 is 4.42 Å². The first-order chi connectivity index (χ1) is 13.2. The molecule has 0 aliphatic carbocycles. The van der Waals surface area contributed by atoms with Gasteiger partial charge in [-0.2, -0.15) is 0 Å². The number of rotatable bonds is 6. The highest BCUT2D eigenvalue weighted by Crippen LogP contribution is 2.29. The predicted molar refractivity (Wildman–Crippen MR) is 107 cm³/mol. The number of hydrogen-bond acceptors (Lipinski definition) is 5. The van der Waals surface area contributed by atoms with Crippen LogP contribution in [-0.2, 0) is 12.3 Å². The zero-order valence-electron chi connectivity index (χ0n) is 14.0. The molecule has 4 aromatic rings. The van der Waals surface area contributed by atoms with E-state index >= 15 is 0 Å². The second kappa shape index (κ2) is 8.17. The SMILES string of the molecule is Clc1ccc(CSc2nnc(-c3ccccn3)n2Cc2ccco2)cc1Cl. The van der Waals surface area contributed by atoms with Crippen LogP contribution in [0.1, 0.15) is 11.3 Å². The summed E-state index contributed by atoms with van der Waals surface area (Å²) < 4.78 is 7.51. The van der Waals surface area contributed by atoms with Crippen LogP contribution < -0.4 is 0 Å². The normalized spacial score (nSPS) is 11.0. The summed E-state index contributed by atoms with van der Waals surface area (Å²) in [5.74, 6) is 2.21. The van der Waals surface area contributed by atoms with Crippen molar-refractivity contribution in [3.05, 3.63) is 82.4 Å². The van der Waals surface area contributed by atoms with Gasteiger partial charge in [0.15, 0.2) is 11.0 Å². The van der Waals surface area contributed by atoms with Crippen molar-refractivity contribution in [3.8, 4) is 11.5 Å². The van der Waals surface area contributed by atoms with Gasteiger partial charge < -0.3 is 4.42 Å². The summed E-state index contributed by atoms with van der Waals surface area (Å²) in [5.41, 5.74) is 1.82. The van der Waals surface area contributed by atoms with Crippen LogP contribution in [0, 0.1) is 0 Å². The summed E-state index contributed by atoms with van der Waals surface area (Å²) in [7, 11) is 0. The van der Waals surface area contributed by atoms with E-state index in [9.17, 15) is 0 Å². The van der Waals surface area contributed by atoms with Gasteiger partial charge in [-0.15, -0.1) is 10.2 Å². The van der Waals surface area contributed by atoms with E-state index in [1.54, 1.807) is 30.3 Å². The fourth-order valence-electron chi connectivity index (χ4n) is 2.56. The number of thioether (sulfide) groups is 1. The Kier molecular flexibility index (Phi) is 5.48. The molecule has 0 radical (unpaired) electrons. The number of halogens is 2. The Morgan fingerprint density at radius 2 is 1.93 bits per heavy atom. The molecule has 0 unspecified atom stereocenters. The van der Waals surface area contributed by atoms with Crippen molar-refractivity contribution >= 4 is 35.0 Å². The standard InChI is InChI=1S/C19H14Cl2N4OS/c20-15-7-6-13(10-16(15)21)12-27-19-24-23-18(17-5-1-2-8-22-17)25(19)11-14-4-3-9-26-14/h1-10H,11-12H2. The molecule has 0 amide bonds. The third kappa shape index (κ3) is 4.18. The molecule has 3 aromatic heterocycles. The summed E-state index contributed by atoms with van der Waals surface area (Å²) >= 11 is 13.7. The molecule has 136 valence electrons. The third-order valence-corrected chi connectivity index (χ3v) is 5.63. The number of benzene rings is 1. The van der Waals surface area contributed by atoms with Gasteiger partial charge in [-0.3, -0.25) is 9.55 Å². The summed E-state index contributed by atoms with van der Waals surface area (Å²) in [5, 5.41) is 10.6. The van der Waals surface area contributed by atoms with Crippen molar-refractivity contribution in [1.82, 2.24) is 19.7 Å². The van der Waals surface area contributed by atoms with Crippen molar-refractivity contribution in [2.24, 2.45) is 0 Å². The van der Waals surface area contributed by atoms with E-state index in [0.717, 1.165) is 22.2 Å². The van der Waals surface area contributed by atoms with E-state index in [1.165, 1.54) is 0 Å². The van der Waals surface area contributed by atoms with Crippen LogP contribution >= 0.6 is 35.0 Å². The van der Waals surface area contributed by atoms with Crippen molar-refractivity contribution in [2.75, 3.05) is 0 Å². The van der Waals surface area contributed by atoms with Crippen LogP contribution in [0.15, 0.2) is 70.6 Å². The largest absolute Gasteiger partial charge is 0.467 e. The number of nitrogens with zero attached hydrogens (tertiary/aromatic N) is 4. The summed E-state index contributed by atoms with van der Waals surface area (Å²) in [6, 6.07) is 15.1. The van der Waals surface area contributed by atoms with E-state index in [2.05, 4.69) is 15.2 Å². The quantitative estimate of drug-likeness (QED) is 0.384. The number of hydrogen-bond donors (Lipinski definition) is 0. The molecule has 0 atom stereocenters. The maximum absolute atomic E-state index is 6.11. The highest BCUT2D eigenvalue weighted by atomic mass is 35.5. The van der Waals surface area contributed by atoms with Gasteiger partial charge in [0.1, 0.15) is 11.5 Å². The van der Waals surface area contributed by atoms with Gasteiger partial charge in [-0.25, -0.2) is 0 Å². The lowest BCUT2D eigenvalue weighted by molar-refractivity contribution is 0.485. The van der Waals surface area contributed by atoms with E-state index in [-0.39, 0.29) is 0 Å². The van der Waals surface area contributed by atoms with Gasteiger partial charge in [0.05, 0.1) is 22.9 Å². The Morgan fingerprint density at radius 1 is 1.00 bits per heavy atom. The maximum Gasteiger partial charge on any atom is 0.192 e. The van der Waals surface area contributed by atoms with Gasteiger partial charge >= 0.3 is 0 Å². The number of pyridine rings is 1. The van der Waals surface area contributed by atoms with Crippen LogP contribution in [-0.4, -0.2) is 19.7 Å². The molecular weight excluding hydrogens is 403 g/mol. The Balaban J connectivity index is 1.63. The molecule has 0 spiro atoms. The molecule has 5 nitrogen and oxygen atoms in total. The second-order valence-corrected chi connectivity index (χ2v) is 7.48. The van der Waals surface area contributed by atoms with Gasteiger partial charge in [-0.05, 0) is 42.0 Å². The van der Waals surface area contributed by atoms with Gasteiger partial charge in [0.25, 0.3) is 0 Å². The van der Waals surface area contributed by atoms with E-state index in [1.807, 2.05) is 47.0 Å². The lowest BCUT2D eigenvalue weighted by atomic mass is 10.2. The molecule has 4 rings (SSSR count). The minimum atomic E-state index is 0.523. The van der Waals surface area contributed by atoms with Crippen molar-refractivity contribution in [3.63, 3.8) is 0 Å². The molecule has 0 aliphatic rings. The Labute approximate surface area is 170 Å². The number of furan rings is 1. The van der Waals surface area contributed by atoms with Crippen LogP contribution in [0.5, 0.6) is 0 Å². The predicted octanol–water partition coefficient (Wildman–Crippen LogP) is 5.58. The molecule has 0 saturated carbocycles. The monoisotopic (exact) mass is 416 g/mol. The Morgan fingerprint density at radius 3 is 2.67 bits per heavy atom. The highest BCUT2D eigenvalue weighted by Gasteiger charge is 2.16. The third-order valence-electron chi connectivity index (χ3n) is 3.86. The summed E-state index contributed by atoms with van der Waals surface area (Å²) in [6.07, 6.45) is 3.40. The highest BCUT2D eigenvalue weighted by molar-refractivity contribution is 7.98. The first-order valence-electron chi connectivity index (χ1n) is 8.14. The van der Waals surface area contributed by atoms with Crippen LogP contribution in [0.25, 0.3) is 11.5 Å². The average Bonchev–Trinajstić information content (AvgIpc) is 3.34. The average molecular weight is 417 g/mol. The van der Waals surface area contributed by atoms with Gasteiger partial charge in [0, 0.05) is 11.9 Å². The Bertz CT molecular complexity index is 1040. The molecule has 0 aliphatic heterocycles. The lowest BCUT2D eigenvalue weighted by Gasteiger charge is -2.08. The van der Waals surface area contributed by atoms with Gasteiger partial charge in [0.2, 0.25) is 0 Å². The molecule has 27 heavy (non-hydrogen) atoms. The smallest absolute Gasteiger partial charge is 0.192 e. The molecular formula is C19H14Cl2N4OS. The van der Waals surface area contributed by atoms with Crippen molar-refractivity contribution in [1.29, 1.82) is 0 Å². The molecule has 0 bridgehead atoms. The Hall–Kier alpha value is -2.28. The minimum absolute atomic E-state index is 0.523. The van der Waals surface area contributed by atoms with E-state index in [4.69, 9.17) is 27.6 Å². The van der Waals surface area contributed by atoms with Crippen LogP contribution in [0.2, 0.25) is 10.0 Å². The van der Waals surface area contributed by atoms with E-state index < -0.39 is 0 Å². The van der Waals surface area contributed by atoms with Crippen molar-refractivity contribution in [2.45, 2.75) is 17.5 Å². The molecule has 0 saturated heterocycles. The second-order valence-electron chi connectivity index (χ2n) is 5.72. The fraction of sp³-hybridized carbons (Fsp3) is 0.105. The van der Waals surface area contributed by atoms with Gasteiger partial charge in [-0.1, -0.05) is 47.1 Å². The number of aromatic nitrogens is 4. The first-order valence-corrected chi connectivity index (χ1v) is 9.88. The summed E-state index contributed by atoms with van der Waals surface area (Å²) in [6.45, 7) is 0.523. The van der Waals surface area contributed by atoms with E-state index in [0.29, 0.717) is 28.2 Å². The molecule has 8 heteroatoms. The lowest BCUT2D eigenvalue weighted by Crippen LogP contribution is -2.04. The molecule has 1 aromatic carbocycles. The first kappa shape index (κ1) is 18.1. The minimum Gasteiger partial charge on any atom is -0.467 e. The maximum atomic E-state index is 6.11. The zero-order valence-corrected chi connectivity index (χ0v) is 16.4. The molecule has 3 heterocycles. The topological polar surface area (TPSA) is 56.7 Å². The summed E-state index contributed by atoms with van der Waals surface area (Å²) in [4.78, 5) is 4.40. The van der Waals surface area contributed by atoms with Crippen LogP contribution in [0.3, 0.4) is 0 Å².